The summed E-state index contributed by atoms with van der Waals surface area (Å²) < 4.78 is 22.9. The molecular weight excluding hydrogens is 546 g/mol. The van der Waals surface area contributed by atoms with E-state index < -0.39 is 0 Å². The van der Waals surface area contributed by atoms with Gasteiger partial charge >= 0.3 is 5.97 Å². The lowest BCUT2D eigenvalue weighted by molar-refractivity contribution is -0.135. The zero-order chi connectivity index (χ0) is 32.6. The lowest BCUT2D eigenvalue weighted by atomic mass is 9.92. The molecule has 7 atom stereocenters. The van der Waals surface area contributed by atoms with Gasteiger partial charge in [0.05, 0.1) is 31.5 Å². The number of hydrogen-bond acceptors (Lipinski definition) is 7. The minimum atomic E-state index is -0.333. The molecular formula is C35H57NO7. The predicted octanol–water partition coefficient (Wildman–Crippen LogP) is 6.95. The highest BCUT2D eigenvalue weighted by Crippen LogP contribution is 2.29. The van der Waals surface area contributed by atoms with Gasteiger partial charge in [-0.1, -0.05) is 68.9 Å². The lowest BCUT2D eigenvalue weighted by Gasteiger charge is -2.34. The van der Waals surface area contributed by atoms with Gasteiger partial charge in [0.25, 0.3) is 6.47 Å². The molecule has 0 aliphatic carbocycles. The Bertz CT molecular complexity index is 932. The van der Waals surface area contributed by atoms with Crippen molar-refractivity contribution in [3.63, 3.8) is 0 Å². The summed E-state index contributed by atoms with van der Waals surface area (Å²) in [6, 6.07) is 0. The molecule has 0 aromatic rings. The van der Waals surface area contributed by atoms with Crippen molar-refractivity contribution < 1.29 is 33.3 Å². The van der Waals surface area contributed by atoms with Crippen molar-refractivity contribution in [3.05, 3.63) is 60.3 Å². The quantitative estimate of drug-likeness (QED) is 0.0593. The van der Waals surface area contributed by atoms with Crippen molar-refractivity contribution in [3.8, 4) is 0 Å². The molecule has 2 N–H and O–H groups in total. The molecule has 0 bridgehead atoms. The van der Waals surface area contributed by atoms with E-state index in [0.717, 1.165) is 44.1 Å². The van der Waals surface area contributed by atoms with Gasteiger partial charge in [-0.15, -0.1) is 0 Å². The van der Waals surface area contributed by atoms with Gasteiger partial charge in [0.15, 0.2) is 0 Å². The summed E-state index contributed by atoms with van der Waals surface area (Å²) in [4.78, 5) is 31.9. The topological polar surface area (TPSA) is 114 Å². The zero-order valence-corrected chi connectivity index (χ0v) is 27.7. The summed E-state index contributed by atoms with van der Waals surface area (Å²) in [5.41, 5.74) is 5.43. The molecule has 0 saturated carbocycles. The van der Waals surface area contributed by atoms with Crippen LogP contribution in [0.4, 0.5) is 0 Å². The molecule has 8 nitrogen and oxygen atoms in total. The van der Waals surface area contributed by atoms with Crippen LogP contribution in [0.25, 0.3) is 0 Å². The van der Waals surface area contributed by atoms with Crippen LogP contribution in [0.2, 0.25) is 0 Å². The van der Waals surface area contributed by atoms with Gasteiger partial charge < -0.3 is 24.7 Å². The maximum atomic E-state index is 11.7. The number of ether oxygens (including phenoxy) is 4. The number of primary amides is 1. The Morgan fingerprint density at radius 1 is 0.977 bits per heavy atom. The van der Waals surface area contributed by atoms with Crippen molar-refractivity contribution in [1.82, 2.24) is 0 Å². The molecule has 1 heterocycles. The minimum absolute atomic E-state index is 0.00146. The Balaban J connectivity index is 0.00000413. The number of esters is 1. The van der Waals surface area contributed by atoms with Crippen molar-refractivity contribution in [2.24, 2.45) is 17.6 Å². The highest BCUT2D eigenvalue weighted by Gasteiger charge is 2.27. The van der Waals surface area contributed by atoms with E-state index in [4.69, 9.17) is 18.9 Å². The van der Waals surface area contributed by atoms with Gasteiger partial charge in [-0.3, -0.25) is 9.59 Å². The van der Waals surface area contributed by atoms with Crippen LogP contribution in [0.15, 0.2) is 60.3 Å². The van der Waals surface area contributed by atoms with Gasteiger partial charge in [-0.2, -0.15) is 0 Å². The summed E-state index contributed by atoms with van der Waals surface area (Å²) >= 11 is 0. The number of carbonyl (C=O) groups excluding carboxylic acids is 3. The molecule has 1 rings (SSSR count). The van der Waals surface area contributed by atoms with Gasteiger partial charge in [-0.25, -0.2) is 4.79 Å². The summed E-state index contributed by atoms with van der Waals surface area (Å²) in [5, 5.41) is 0. The van der Waals surface area contributed by atoms with E-state index in [1.165, 1.54) is 14.0 Å². The first-order chi connectivity index (χ1) is 20.4. The zero-order valence-electron chi connectivity index (χ0n) is 27.7. The Morgan fingerprint density at radius 3 is 2.19 bits per heavy atom. The van der Waals surface area contributed by atoms with E-state index in [1.54, 1.807) is 6.08 Å². The molecule has 43 heavy (non-hydrogen) atoms. The molecule has 0 aromatic heterocycles. The number of carbonyl (C=O) groups is 3. The van der Waals surface area contributed by atoms with Gasteiger partial charge in [-0.05, 0) is 71.3 Å². The van der Waals surface area contributed by atoms with Crippen molar-refractivity contribution in [2.45, 2.75) is 124 Å². The number of allylic oxidation sites excluding steroid dienone is 6. The average Bonchev–Trinajstić information content (AvgIpc) is 2.94. The van der Waals surface area contributed by atoms with E-state index in [2.05, 4.69) is 45.6 Å². The molecule has 7 unspecified atom stereocenters. The molecule has 244 valence electrons. The molecule has 1 fully saturated rings. The maximum Gasteiger partial charge on any atom is 0.330 e. The standard InChI is InChI=1S/C33H52O6.C2H5NO/c1-8-10-11-12-13-17-32(37-24-34)27(5)19-18-25(3)20-29-15-14-16-30(39-29)23-31(38-28(6)9-2)21-26(4)22-33(35)36-7;1-2(3)4/h8,10-13,17-19,22,24-25,27-32H,9,14-16,20-21,23H2,1-7H3;1H3,(H2,3,4)/b10-8+,12-11-,17-13+,19-18+,26-22-;. The summed E-state index contributed by atoms with van der Waals surface area (Å²) in [6.07, 6.45) is 24.2. The van der Waals surface area contributed by atoms with Crippen molar-refractivity contribution >= 4 is 18.3 Å². The van der Waals surface area contributed by atoms with Crippen molar-refractivity contribution in [2.75, 3.05) is 7.11 Å². The number of nitrogens with two attached hydrogens (primary N) is 1. The van der Waals surface area contributed by atoms with Gasteiger partial charge in [0, 0.05) is 25.3 Å². The van der Waals surface area contributed by atoms with Crippen LogP contribution in [0.5, 0.6) is 0 Å². The molecule has 0 radical (unpaired) electrons. The van der Waals surface area contributed by atoms with E-state index in [0.29, 0.717) is 18.8 Å². The predicted molar refractivity (Wildman–Crippen MR) is 173 cm³/mol. The van der Waals surface area contributed by atoms with Crippen LogP contribution >= 0.6 is 0 Å². The lowest BCUT2D eigenvalue weighted by Crippen LogP contribution is -2.33. The van der Waals surface area contributed by atoms with Crippen LogP contribution < -0.4 is 5.73 Å². The number of rotatable bonds is 18. The molecule has 1 aliphatic rings. The highest BCUT2D eigenvalue weighted by molar-refractivity contribution is 5.82. The van der Waals surface area contributed by atoms with E-state index in [9.17, 15) is 14.4 Å². The van der Waals surface area contributed by atoms with Crippen LogP contribution in [-0.2, 0) is 33.3 Å². The Kier molecular flexibility index (Phi) is 22.8. The smallest absolute Gasteiger partial charge is 0.330 e. The second kappa shape index (κ2) is 24.5. The van der Waals surface area contributed by atoms with Crippen LogP contribution in [0.1, 0.15) is 93.4 Å². The maximum absolute atomic E-state index is 11.7. The second-order valence-corrected chi connectivity index (χ2v) is 11.3. The SMILES string of the molecule is C/C=C/C=C\C=C\C(OC=O)C(C)/C=C/C(C)CC1CCCC(CC(C/C(C)=C\C(=O)OC)OC(C)CC)O1.CC(N)=O. The fraction of sp³-hybridized carbons (Fsp3) is 0.629. The highest BCUT2D eigenvalue weighted by atomic mass is 16.5. The van der Waals surface area contributed by atoms with Gasteiger partial charge in [0.1, 0.15) is 6.10 Å². The van der Waals surface area contributed by atoms with Crippen LogP contribution in [0, 0.1) is 11.8 Å². The largest absolute Gasteiger partial charge is 0.466 e. The fourth-order valence-electron chi connectivity index (χ4n) is 4.70. The fourth-order valence-corrected chi connectivity index (χ4v) is 4.70. The minimum Gasteiger partial charge on any atom is -0.466 e. The van der Waals surface area contributed by atoms with E-state index in [-0.39, 0.29) is 48.3 Å². The average molecular weight is 604 g/mol. The molecule has 0 aromatic carbocycles. The van der Waals surface area contributed by atoms with Gasteiger partial charge in [0.2, 0.25) is 5.91 Å². The first-order valence-corrected chi connectivity index (χ1v) is 15.5. The number of methoxy groups -OCH3 is 1. The van der Waals surface area contributed by atoms with Crippen molar-refractivity contribution in [1.29, 1.82) is 0 Å². The summed E-state index contributed by atoms with van der Waals surface area (Å²) in [7, 11) is 1.39. The third-order valence-corrected chi connectivity index (χ3v) is 7.01. The third-order valence-electron chi connectivity index (χ3n) is 7.01. The second-order valence-electron chi connectivity index (χ2n) is 11.3. The first kappa shape index (κ1) is 40.0. The molecule has 1 amide bonds. The Labute approximate surface area is 260 Å². The summed E-state index contributed by atoms with van der Waals surface area (Å²) in [5.74, 6) is -0.269. The molecule has 0 spiro atoms. The van der Waals surface area contributed by atoms with Crippen LogP contribution in [0.3, 0.4) is 0 Å². The van der Waals surface area contributed by atoms with Crippen LogP contribution in [-0.4, -0.2) is 56.0 Å². The first-order valence-electron chi connectivity index (χ1n) is 15.5. The Morgan fingerprint density at radius 2 is 1.60 bits per heavy atom. The number of amides is 1. The normalized spacial score (nSPS) is 21.3. The summed E-state index contributed by atoms with van der Waals surface area (Å²) in [6.45, 7) is 14.2. The molecule has 1 saturated heterocycles. The Hall–Kier alpha value is -2.97. The van der Waals surface area contributed by atoms with E-state index >= 15 is 0 Å². The monoisotopic (exact) mass is 603 g/mol. The molecule has 8 heteroatoms. The van der Waals surface area contributed by atoms with E-state index in [1.807, 2.05) is 50.3 Å². The molecule has 1 aliphatic heterocycles. The number of hydrogen-bond donors (Lipinski definition) is 1. The third kappa shape index (κ3) is 21.4.